The van der Waals surface area contributed by atoms with Crippen LogP contribution >= 0.6 is 0 Å². The van der Waals surface area contributed by atoms with Crippen LogP contribution in [-0.4, -0.2) is 20.3 Å². The van der Waals surface area contributed by atoms with E-state index in [1.807, 2.05) is 35.7 Å². The number of carbonyl (C=O) groups is 1. The maximum atomic E-state index is 11.1. The minimum atomic E-state index is -0.108. The van der Waals surface area contributed by atoms with Gasteiger partial charge in [0.15, 0.2) is 5.65 Å². The quantitative estimate of drug-likeness (QED) is 0.709. The second-order valence-corrected chi connectivity index (χ2v) is 4.19. The number of aryl methyl sites for hydroxylation is 1. The van der Waals surface area contributed by atoms with Crippen molar-refractivity contribution < 1.29 is 4.79 Å². The third-order valence-electron chi connectivity index (χ3n) is 2.89. The van der Waals surface area contributed by atoms with E-state index in [2.05, 4.69) is 15.3 Å². The summed E-state index contributed by atoms with van der Waals surface area (Å²) in [5.74, 6) is -0.108. The highest BCUT2D eigenvalue weighted by molar-refractivity contribution is 5.93. The van der Waals surface area contributed by atoms with Gasteiger partial charge in [-0.3, -0.25) is 9.20 Å². The number of nitrogens with one attached hydrogen (secondary N) is 1. The number of nitrogens with zero attached hydrogens (tertiary/aromatic N) is 3. The van der Waals surface area contributed by atoms with E-state index in [9.17, 15) is 4.79 Å². The first-order valence-corrected chi connectivity index (χ1v) is 5.67. The molecular formula is C13H12N4O. The molecule has 1 amide bonds. The smallest absolute Gasteiger partial charge is 0.221 e. The lowest BCUT2D eigenvalue weighted by Crippen LogP contribution is -2.07. The summed E-state index contributed by atoms with van der Waals surface area (Å²) < 4.78 is 1.93. The number of rotatable bonds is 1. The summed E-state index contributed by atoms with van der Waals surface area (Å²) in [4.78, 5) is 20.0. The van der Waals surface area contributed by atoms with Crippen molar-refractivity contribution >= 4 is 28.4 Å². The molecule has 0 bridgehead atoms. The van der Waals surface area contributed by atoms with Gasteiger partial charge in [-0.05, 0) is 19.1 Å². The van der Waals surface area contributed by atoms with E-state index in [1.54, 1.807) is 6.20 Å². The molecule has 0 fully saturated rings. The Bertz CT molecular complexity index is 760. The molecule has 3 aromatic rings. The molecule has 5 nitrogen and oxygen atoms in total. The van der Waals surface area contributed by atoms with Crippen LogP contribution in [0, 0.1) is 6.92 Å². The number of anilines is 1. The van der Waals surface area contributed by atoms with Gasteiger partial charge in [0.05, 0.1) is 11.9 Å². The molecule has 5 heteroatoms. The molecule has 18 heavy (non-hydrogen) atoms. The number of fused-ring (bicyclic) bond motifs is 3. The molecule has 0 aliphatic carbocycles. The van der Waals surface area contributed by atoms with Crippen molar-refractivity contribution in [2.75, 3.05) is 5.32 Å². The van der Waals surface area contributed by atoms with Crippen molar-refractivity contribution in [3.05, 3.63) is 36.2 Å². The molecule has 3 heterocycles. The fraction of sp³-hybridized carbons (Fsp3) is 0.154. The zero-order valence-corrected chi connectivity index (χ0v) is 10.1. The van der Waals surface area contributed by atoms with Crippen molar-refractivity contribution in [2.24, 2.45) is 0 Å². The van der Waals surface area contributed by atoms with Crippen LogP contribution in [0.25, 0.3) is 16.8 Å². The van der Waals surface area contributed by atoms with Crippen LogP contribution in [0.3, 0.4) is 0 Å². The van der Waals surface area contributed by atoms with Gasteiger partial charge in [0.25, 0.3) is 0 Å². The van der Waals surface area contributed by atoms with Gasteiger partial charge in [0, 0.05) is 18.7 Å². The highest BCUT2D eigenvalue weighted by Gasteiger charge is 2.11. The number of amides is 1. The number of carbonyl (C=O) groups excluding carboxylic acids is 1. The largest absolute Gasteiger partial charge is 0.325 e. The Morgan fingerprint density at radius 3 is 3.00 bits per heavy atom. The van der Waals surface area contributed by atoms with E-state index in [0.29, 0.717) is 5.69 Å². The second kappa shape index (κ2) is 3.80. The number of aromatic nitrogens is 3. The highest BCUT2D eigenvalue weighted by atomic mass is 16.1. The fourth-order valence-electron chi connectivity index (χ4n) is 2.02. The molecule has 0 spiro atoms. The van der Waals surface area contributed by atoms with E-state index in [-0.39, 0.29) is 5.91 Å². The number of imidazole rings is 1. The SMILES string of the molecule is CC(=O)Nc1cnc2c(nc3ccccn32)c1C. The first-order chi connectivity index (χ1) is 8.66. The van der Waals surface area contributed by atoms with E-state index in [0.717, 1.165) is 22.4 Å². The van der Waals surface area contributed by atoms with E-state index < -0.39 is 0 Å². The second-order valence-electron chi connectivity index (χ2n) is 4.19. The van der Waals surface area contributed by atoms with E-state index >= 15 is 0 Å². The summed E-state index contributed by atoms with van der Waals surface area (Å²) in [7, 11) is 0. The maximum Gasteiger partial charge on any atom is 0.221 e. The van der Waals surface area contributed by atoms with Crippen LogP contribution in [0.15, 0.2) is 30.6 Å². The van der Waals surface area contributed by atoms with Crippen LogP contribution in [0.1, 0.15) is 12.5 Å². The lowest BCUT2D eigenvalue weighted by molar-refractivity contribution is -0.114. The summed E-state index contributed by atoms with van der Waals surface area (Å²) in [5.41, 5.74) is 4.10. The summed E-state index contributed by atoms with van der Waals surface area (Å²) >= 11 is 0. The minimum absolute atomic E-state index is 0.108. The average molecular weight is 240 g/mol. The average Bonchev–Trinajstić information content (AvgIpc) is 2.72. The highest BCUT2D eigenvalue weighted by Crippen LogP contribution is 2.23. The molecule has 3 aromatic heterocycles. The molecule has 0 aliphatic rings. The van der Waals surface area contributed by atoms with Gasteiger partial charge >= 0.3 is 0 Å². The van der Waals surface area contributed by atoms with Crippen LogP contribution in [0.2, 0.25) is 0 Å². The van der Waals surface area contributed by atoms with Crippen LogP contribution < -0.4 is 5.32 Å². The zero-order chi connectivity index (χ0) is 12.7. The normalized spacial score (nSPS) is 11.0. The van der Waals surface area contributed by atoms with Gasteiger partial charge in [0.2, 0.25) is 5.91 Å². The number of hydrogen-bond donors (Lipinski definition) is 1. The summed E-state index contributed by atoms with van der Waals surface area (Å²) in [6.07, 6.45) is 3.59. The predicted octanol–water partition coefficient (Wildman–Crippen LogP) is 2.15. The van der Waals surface area contributed by atoms with Crippen molar-refractivity contribution in [1.82, 2.24) is 14.4 Å². The van der Waals surface area contributed by atoms with Gasteiger partial charge in [-0.2, -0.15) is 0 Å². The number of pyridine rings is 2. The Morgan fingerprint density at radius 2 is 2.22 bits per heavy atom. The third-order valence-corrected chi connectivity index (χ3v) is 2.89. The standard InChI is InChI=1S/C13H12N4O/c1-8-10(15-9(2)18)7-14-13-12(8)16-11-5-3-4-6-17(11)13/h3-7H,1-2H3,(H,15,18). The van der Waals surface area contributed by atoms with Crippen molar-refractivity contribution in [3.63, 3.8) is 0 Å². The topological polar surface area (TPSA) is 59.3 Å². The van der Waals surface area contributed by atoms with E-state index in [4.69, 9.17) is 0 Å². The molecule has 0 atom stereocenters. The molecule has 0 saturated heterocycles. The van der Waals surface area contributed by atoms with Crippen molar-refractivity contribution in [2.45, 2.75) is 13.8 Å². The molecule has 0 aromatic carbocycles. The molecule has 0 aliphatic heterocycles. The molecule has 1 N–H and O–H groups in total. The number of hydrogen-bond acceptors (Lipinski definition) is 3. The Kier molecular flexibility index (Phi) is 2.26. The van der Waals surface area contributed by atoms with Crippen LogP contribution in [0.5, 0.6) is 0 Å². The monoisotopic (exact) mass is 240 g/mol. The molecule has 90 valence electrons. The lowest BCUT2D eigenvalue weighted by Gasteiger charge is -2.05. The zero-order valence-electron chi connectivity index (χ0n) is 10.1. The van der Waals surface area contributed by atoms with Crippen LogP contribution in [-0.2, 0) is 4.79 Å². The van der Waals surface area contributed by atoms with Crippen molar-refractivity contribution in [1.29, 1.82) is 0 Å². The molecule has 3 rings (SSSR count). The Labute approximate surface area is 103 Å². The molecular weight excluding hydrogens is 228 g/mol. The molecule has 0 radical (unpaired) electrons. The third kappa shape index (κ3) is 1.52. The van der Waals surface area contributed by atoms with Crippen LogP contribution in [0.4, 0.5) is 5.69 Å². The Morgan fingerprint density at radius 1 is 1.39 bits per heavy atom. The first kappa shape index (κ1) is 10.7. The van der Waals surface area contributed by atoms with Crippen molar-refractivity contribution in [3.8, 4) is 0 Å². The van der Waals surface area contributed by atoms with Gasteiger partial charge < -0.3 is 5.32 Å². The lowest BCUT2D eigenvalue weighted by atomic mass is 10.2. The van der Waals surface area contributed by atoms with E-state index in [1.165, 1.54) is 6.92 Å². The fourth-order valence-corrected chi connectivity index (χ4v) is 2.02. The summed E-state index contributed by atoms with van der Waals surface area (Å²) in [6.45, 7) is 3.41. The summed E-state index contributed by atoms with van der Waals surface area (Å²) in [6, 6.07) is 5.80. The molecule has 0 unspecified atom stereocenters. The summed E-state index contributed by atoms with van der Waals surface area (Å²) in [5, 5.41) is 2.76. The van der Waals surface area contributed by atoms with Gasteiger partial charge in [-0.25, -0.2) is 9.97 Å². The van der Waals surface area contributed by atoms with Gasteiger partial charge in [-0.1, -0.05) is 6.07 Å². The Balaban J connectivity index is 2.32. The first-order valence-electron chi connectivity index (χ1n) is 5.67. The predicted molar refractivity (Wildman–Crippen MR) is 69.5 cm³/mol. The van der Waals surface area contributed by atoms with Gasteiger partial charge in [0.1, 0.15) is 11.2 Å². The molecule has 0 saturated carbocycles. The minimum Gasteiger partial charge on any atom is -0.325 e. The Hall–Kier alpha value is -2.43. The maximum absolute atomic E-state index is 11.1. The van der Waals surface area contributed by atoms with Gasteiger partial charge in [-0.15, -0.1) is 0 Å².